The van der Waals surface area contributed by atoms with Crippen molar-refractivity contribution in [2.45, 2.75) is 26.3 Å². The van der Waals surface area contributed by atoms with E-state index in [9.17, 15) is 14.4 Å². The van der Waals surface area contributed by atoms with E-state index in [-0.39, 0.29) is 24.5 Å². The van der Waals surface area contributed by atoms with Gasteiger partial charge in [-0.15, -0.1) is 0 Å². The predicted octanol–water partition coefficient (Wildman–Crippen LogP) is 0.801. The first-order valence-corrected chi connectivity index (χ1v) is 6.14. The second-order valence-corrected chi connectivity index (χ2v) is 4.67. The second kappa shape index (κ2) is 5.32. The Morgan fingerprint density at radius 3 is 2.74 bits per heavy atom. The molecule has 0 saturated carbocycles. The molecule has 1 aliphatic rings. The lowest BCUT2D eigenvalue weighted by Crippen LogP contribution is -2.34. The van der Waals surface area contributed by atoms with Gasteiger partial charge in [-0.2, -0.15) is 0 Å². The van der Waals surface area contributed by atoms with Crippen LogP contribution in [0.5, 0.6) is 0 Å². The summed E-state index contributed by atoms with van der Waals surface area (Å²) in [4.78, 5) is 35.9. The summed E-state index contributed by atoms with van der Waals surface area (Å²) in [6.45, 7) is 2.05. The van der Waals surface area contributed by atoms with Gasteiger partial charge in [0, 0.05) is 6.54 Å². The van der Waals surface area contributed by atoms with Crippen LogP contribution < -0.4 is 10.2 Å². The third-order valence-electron chi connectivity index (χ3n) is 3.01. The molecule has 5 nitrogen and oxygen atoms in total. The van der Waals surface area contributed by atoms with Crippen LogP contribution in [0.25, 0.3) is 0 Å². The number of fused-ring (bicyclic) bond motifs is 1. The lowest BCUT2D eigenvalue weighted by Gasteiger charge is -2.15. The number of benzene rings is 1. The predicted molar refractivity (Wildman–Crippen MR) is 70.7 cm³/mol. The molecule has 1 aliphatic heterocycles. The normalized spacial score (nSPS) is 13.6. The van der Waals surface area contributed by atoms with Crippen molar-refractivity contribution < 1.29 is 14.4 Å². The van der Waals surface area contributed by atoms with Crippen molar-refractivity contribution in [3.8, 4) is 0 Å². The highest BCUT2D eigenvalue weighted by atomic mass is 16.2. The van der Waals surface area contributed by atoms with Gasteiger partial charge in [0.25, 0.3) is 0 Å². The van der Waals surface area contributed by atoms with Gasteiger partial charge in [0.2, 0.25) is 11.8 Å². The summed E-state index contributed by atoms with van der Waals surface area (Å²) in [5.41, 5.74) is 2.51. The molecule has 0 unspecified atom stereocenters. The van der Waals surface area contributed by atoms with Crippen LogP contribution in [0.1, 0.15) is 24.5 Å². The fraction of sp³-hybridized carbons (Fsp3) is 0.357. The number of anilines is 1. The number of hydrogen-bond acceptors (Lipinski definition) is 4. The Morgan fingerprint density at radius 2 is 2.11 bits per heavy atom. The highest BCUT2D eigenvalue weighted by Gasteiger charge is 2.32. The summed E-state index contributed by atoms with van der Waals surface area (Å²) in [7, 11) is 1.85. The molecule has 19 heavy (non-hydrogen) atoms. The summed E-state index contributed by atoms with van der Waals surface area (Å²) in [5, 5.41) is 3.04. The van der Waals surface area contributed by atoms with Crippen molar-refractivity contribution in [2.75, 3.05) is 11.9 Å². The number of ketones is 1. The van der Waals surface area contributed by atoms with E-state index in [1.807, 2.05) is 19.2 Å². The fourth-order valence-electron chi connectivity index (χ4n) is 2.25. The number of Topliss-reactive ketones (excluding diaryl/α,β-unsaturated/α-hetero) is 1. The highest BCUT2D eigenvalue weighted by Crippen LogP contribution is 2.30. The zero-order valence-electron chi connectivity index (χ0n) is 11.0. The van der Waals surface area contributed by atoms with Gasteiger partial charge in [-0.1, -0.05) is 12.1 Å². The van der Waals surface area contributed by atoms with Crippen LogP contribution in [-0.2, 0) is 27.3 Å². The molecule has 1 aromatic carbocycles. The first-order valence-electron chi connectivity index (χ1n) is 6.14. The van der Waals surface area contributed by atoms with E-state index in [0.29, 0.717) is 12.2 Å². The molecule has 2 rings (SSSR count). The third-order valence-corrected chi connectivity index (χ3v) is 3.01. The van der Waals surface area contributed by atoms with Gasteiger partial charge in [0.1, 0.15) is 5.78 Å². The first-order chi connectivity index (χ1) is 9.02. The van der Waals surface area contributed by atoms with E-state index in [1.165, 1.54) is 6.92 Å². The number of imide groups is 1. The van der Waals surface area contributed by atoms with Crippen molar-refractivity contribution in [1.82, 2.24) is 5.32 Å². The molecule has 100 valence electrons. The Bertz CT molecular complexity index is 552. The van der Waals surface area contributed by atoms with Gasteiger partial charge < -0.3 is 5.32 Å². The molecule has 5 heteroatoms. The molecular weight excluding hydrogens is 244 g/mol. The fourth-order valence-corrected chi connectivity index (χ4v) is 2.25. The molecule has 0 bridgehead atoms. The first kappa shape index (κ1) is 13.4. The Balaban J connectivity index is 2.29. The molecule has 1 heterocycles. The van der Waals surface area contributed by atoms with E-state index in [4.69, 9.17) is 0 Å². The maximum atomic E-state index is 11.9. The maximum absolute atomic E-state index is 11.9. The summed E-state index contributed by atoms with van der Waals surface area (Å²) in [6, 6.07) is 5.57. The van der Waals surface area contributed by atoms with Crippen molar-refractivity contribution >= 4 is 23.3 Å². The van der Waals surface area contributed by atoms with E-state index in [2.05, 4.69) is 5.32 Å². The van der Waals surface area contributed by atoms with Crippen LogP contribution in [0.15, 0.2) is 18.2 Å². The minimum atomic E-state index is -0.447. The minimum absolute atomic E-state index is 0.219. The van der Waals surface area contributed by atoms with Gasteiger partial charge in [-0.3, -0.25) is 14.4 Å². The molecule has 0 radical (unpaired) electrons. The number of carbonyl (C=O) groups excluding carboxylic acids is 3. The zero-order chi connectivity index (χ0) is 14.0. The molecule has 0 atom stereocenters. The van der Waals surface area contributed by atoms with Crippen molar-refractivity contribution in [3.05, 3.63) is 29.3 Å². The molecule has 0 saturated heterocycles. The van der Waals surface area contributed by atoms with Crippen molar-refractivity contribution in [2.24, 2.45) is 0 Å². The Kier molecular flexibility index (Phi) is 3.76. The zero-order valence-corrected chi connectivity index (χ0v) is 11.0. The van der Waals surface area contributed by atoms with Gasteiger partial charge in [-0.05, 0) is 31.2 Å². The van der Waals surface area contributed by atoms with Crippen LogP contribution in [-0.4, -0.2) is 24.6 Å². The van der Waals surface area contributed by atoms with E-state index in [0.717, 1.165) is 16.0 Å². The summed E-state index contributed by atoms with van der Waals surface area (Å²) >= 11 is 0. The standard InChI is InChI=1S/C14H16N2O3/c1-9(17)5-13(18)16-12-4-3-10(8-15-2)6-11(12)7-14(16)19/h3-4,6,15H,5,7-8H2,1-2H3. The number of nitrogens with zero attached hydrogens (tertiary/aromatic N) is 1. The Hall–Kier alpha value is -2.01. The summed E-state index contributed by atoms with van der Waals surface area (Å²) in [5.74, 6) is -0.946. The van der Waals surface area contributed by atoms with Crippen LogP contribution in [0.3, 0.4) is 0 Å². The van der Waals surface area contributed by atoms with Gasteiger partial charge in [0.05, 0.1) is 18.5 Å². The number of amides is 2. The largest absolute Gasteiger partial charge is 0.316 e. The van der Waals surface area contributed by atoms with Crippen LogP contribution in [0, 0.1) is 0 Å². The lowest BCUT2D eigenvalue weighted by atomic mass is 10.1. The van der Waals surface area contributed by atoms with Crippen LogP contribution in [0.4, 0.5) is 5.69 Å². The second-order valence-electron chi connectivity index (χ2n) is 4.67. The molecule has 2 amide bonds. The Labute approximate surface area is 111 Å². The molecule has 0 aliphatic carbocycles. The molecular formula is C14H16N2O3. The maximum Gasteiger partial charge on any atom is 0.241 e. The van der Waals surface area contributed by atoms with E-state index >= 15 is 0 Å². The van der Waals surface area contributed by atoms with Gasteiger partial charge >= 0.3 is 0 Å². The monoisotopic (exact) mass is 260 g/mol. The number of nitrogens with one attached hydrogen (secondary N) is 1. The average Bonchev–Trinajstić information content (AvgIpc) is 2.63. The van der Waals surface area contributed by atoms with Crippen LogP contribution >= 0.6 is 0 Å². The third kappa shape index (κ3) is 2.71. The molecule has 0 spiro atoms. The average molecular weight is 260 g/mol. The summed E-state index contributed by atoms with van der Waals surface area (Å²) in [6.07, 6.45) is -0.0139. The topological polar surface area (TPSA) is 66.5 Å². The number of carbonyl (C=O) groups is 3. The quantitative estimate of drug-likeness (QED) is 0.813. The SMILES string of the molecule is CNCc1ccc2c(c1)CC(=O)N2C(=O)CC(C)=O. The van der Waals surface area contributed by atoms with Crippen molar-refractivity contribution in [1.29, 1.82) is 0 Å². The lowest BCUT2D eigenvalue weighted by molar-refractivity contribution is -0.128. The molecule has 0 aromatic heterocycles. The number of rotatable bonds is 4. The van der Waals surface area contributed by atoms with Gasteiger partial charge in [-0.25, -0.2) is 4.90 Å². The van der Waals surface area contributed by atoms with Crippen molar-refractivity contribution in [3.63, 3.8) is 0 Å². The number of hydrogen-bond donors (Lipinski definition) is 1. The van der Waals surface area contributed by atoms with E-state index < -0.39 is 5.91 Å². The highest BCUT2D eigenvalue weighted by molar-refractivity contribution is 6.22. The smallest absolute Gasteiger partial charge is 0.241 e. The Morgan fingerprint density at radius 1 is 1.37 bits per heavy atom. The van der Waals surface area contributed by atoms with Gasteiger partial charge in [0.15, 0.2) is 0 Å². The van der Waals surface area contributed by atoms with E-state index in [1.54, 1.807) is 6.07 Å². The van der Waals surface area contributed by atoms with Crippen LogP contribution in [0.2, 0.25) is 0 Å². The summed E-state index contributed by atoms with van der Waals surface area (Å²) < 4.78 is 0. The molecule has 1 N–H and O–H groups in total. The molecule has 1 aromatic rings. The minimum Gasteiger partial charge on any atom is -0.316 e. The molecule has 0 fully saturated rings.